The summed E-state index contributed by atoms with van der Waals surface area (Å²) in [7, 11) is 0. The summed E-state index contributed by atoms with van der Waals surface area (Å²) < 4.78 is 18.3. The zero-order valence-corrected chi connectivity index (χ0v) is 12.9. The van der Waals surface area contributed by atoms with Gasteiger partial charge in [0.2, 0.25) is 11.7 Å². The van der Waals surface area contributed by atoms with Gasteiger partial charge < -0.3 is 4.52 Å². The Kier molecular flexibility index (Phi) is 4.20. The summed E-state index contributed by atoms with van der Waals surface area (Å²) in [5.74, 6) is 7.05. The highest BCUT2D eigenvalue weighted by Crippen LogP contribution is 2.19. The lowest BCUT2D eigenvalue weighted by Crippen LogP contribution is -1.87. The second kappa shape index (κ2) is 6.45. The lowest BCUT2D eigenvalue weighted by molar-refractivity contribution is 0.365. The molecule has 3 rings (SSSR count). The third kappa shape index (κ3) is 3.64. The molecule has 0 spiro atoms. The van der Waals surface area contributed by atoms with Crippen LogP contribution in [0.5, 0.6) is 0 Å². The molecule has 23 heavy (non-hydrogen) atoms. The third-order valence-corrected chi connectivity index (χ3v) is 3.25. The van der Waals surface area contributed by atoms with Crippen molar-refractivity contribution in [2.75, 3.05) is 0 Å². The predicted molar refractivity (Wildman–Crippen MR) is 86.2 cm³/mol. The molecule has 0 aliphatic rings. The van der Waals surface area contributed by atoms with Gasteiger partial charge in [-0.1, -0.05) is 36.9 Å². The first-order valence-corrected chi connectivity index (χ1v) is 7.33. The predicted octanol–water partition coefficient (Wildman–Crippen LogP) is 4.40. The van der Waals surface area contributed by atoms with Gasteiger partial charge >= 0.3 is 0 Å². The Morgan fingerprint density at radius 1 is 1.00 bits per heavy atom. The summed E-state index contributed by atoms with van der Waals surface area (Å²) >= 11 is 0. The van der Waals surface area contributed by atoms with E-state index in [1.165, 1.54) is 12.1 Å². The van der Waals surface area contributed by atoms with E-state index in [0.717, 1.165) is 11.1 Å². The van der Waals surface area contributed by atoms with Crippen LogP contribution in [0.4, 0.5) is 4.39 Å². The molecule has 1 heterocycles. The van der Waals surface area contributed by atoms with Crippen molar-refractivity contribution in [1.29, 1.82) is 0 Å². The number of benzene rings is 2. The number of aromatic nitrogens is 2. The van der Waals surface area contributed by atoms with Crippen LogP contribution in [0.2, 0.25) is 0 Å². The molecule has 4 heteroatoms. The Bertz CT molecular complexity index is 870. The molecule has 3 nitrogen and oxygen atoms in total. The van der Waals surface area contributed by atoms with E-state index >= 15 is 0 Å². The van der Waals surface area contributed by atoms with Crippen LogP contribution < -0.4 is 0 Å². The highest BCUT2D eigenvalue weighted by molar-refractivity contribution is 5.56. The molecule has 0 N–H and O–H groups in total. The number of hydrogen-bond acceptors (Lipinski definition) is 3. The smallest absolute Gasteiger partial charge is 0.229 e. The van der Waals surface area contributed by atoms with E-state index in [0.29, 0.717) is 17.3 Å². The van der Waals surface area contributed by atoms with Crippen molar-refractivity contribution in [2.45, 2.75) is 19.8 Å². The monoisotopic (exact) mass is 306 g/mol. The third-order valence-electron chi connectivity index (χ3n) is 3.25. The fraction of sp³-hybridized carbons (Fsp3) is 0.158. The van der Waals surface area contributed by atoms with Crippen LogP contribution in [0.25, 0.3) is 11.4 Å². The maximum Gasteiger partial charge on any atom is 0.229 e. The van der Waals surface area contributed by atoms with Gasteiger partial charge in [0.25, 0.3) is 0 Å². The minimum Gasteiger partial charge on any atom is -0.339 e. The molecule has 0 radical (unpaired) electrons. The van der Waals surface area contributed by atoms with Gasteiger partial charge in [0.05, 0.1) is 0 Å². The van der Waals surface area contributed by atoms with Gasteiger partial charge in [-0.2, -0.15) is 4.98 Å². The van der Waals surface area contributed by atoms with Crippen molar-refractivity contribution in [2.24, 2.45) is 0 Å². The first-order valence-electron chi connectivity index (χ1n) is 7.33. The Morgan fingerprint density at radius 3 is 2.39 bits per heavy atom. The average Bonchev–Trinajstić information content (AvgIpc) is 3.04. The molecule has 0 aliphatic heterocycles. The van der Waals surface area contributed by atoms with Gasteiger partial charge in [-0.3, -0.25) is 0 Å². The van der Waals surface area contributed by atoms with Crippen molar-refractivity contribution in [3.63, 3.8) is 0 Å². The van der Waals surface area contributed by atoms with Crippen molar-refractivity contribution in [1.82, 2.24) is 10.1 Å². The van der Waals surface area contributed by atoms with Crippen LogP contribution in [0, 0.1) is 17.7 Å². The Labute approximate surface area is 134 Å². The molecule has 0 bridgehead atoms. The summed E-state index contributed by atoms with van der Waals surface area (Å²) in [5.41, 5.74) is 2.36. The number of hydrogen-bond donors (Lipinski definition) is 0. The zero-order valence-electron chi connectivity index (χ0n) is 12.9. The first-order chi connectivity index (χ1) is 11.1. The molecule has 0 amide bonds. The van der Waals surface area contributed by atoms with Gasteiger partial charge in [-0.15, -0.1) is 0 Å². The fourth-order valence-electron chi connectivity index (χ4n) is 2.00. The van der Waals surface area contributed by atoms with Gasteiger partial charge in [0, 0.05) is 22.6 Å². The molecule has 0 unspecified atom stereocenters. The standard InChI is InChI=1S/C19H15FN2O/c1-13(2)19-21-18(22-23-19)16-10-8-14(9-11-16)6-7-15-4-3-5-17(20)12-15/h3-5,8-13H,1-2H3. The highest BCUT2D eigenvalue weighted by atomic mass is 19.1. The molecule has 0 saturated heterocycles. The second-order valence-corrected chi connectivity index (χ2v) is 5.45. The summed E-state index contributed by atoms with van der Waals surface area (Å²) in [6.45, 7) is 4.00. The van der Waals surface area contributed by atoms with E-state index in [2.05, 4.69) is 22.0 Å². The summed E-state index contributed by atoms with van der Waals surface area (Å²) in [6.07, 6.45) is 0. The van der Waals surface area contributed by atoms with Crippen molar-refractivity contribution in [3.05, 3.63) is 71.4 Å². The van der Waals surface area contributed by atoms with Crippen LogP contribution >= 0.6 is 0 Å². The zero-order chi connectivity index (χ0) is 16.2. The molecular weight excluding hydrogens is 291 g/mol. The molecule has 2 aromatic carbocycles. The number of halogens is 1. The molecule has 114 valence electrons. The van der Waals surface area contributed by atoms with Gasteiger partial charge in [-0.25, -0.2) is 4.39 Å². The number of rotatable bonds is 2. The Hall–Kier alpha value is -2.93. The van der Waals surface area contributed by atoms with Crippen LogP contribution in [0.1, 0.15) is 36.8 Å². The van der Waals surface area contributed by atoms with Crippen LogP contribution in [0.3, 0.4) is 0 Å². The SMILES string of the molecule is CC(C)c1nc(-c2ccc(C#Cc3cccc(F)c3)cc2)no1. The maximum absolute atomic E-state index is 13.1. The Morgan fingerprint density at radius 2 is 1.74 bits per heavy atom. The minimum absolute atomic E-state index is 0.202. The summed E-state index contributed by atoms with van der Waals surface area (Å²) in [6, 6.07) is 13.8. The molecule has 0 fully saturated rings. The average molecular weight is 306 g/mol. The Balaban J connectivity index is 1.79. The van der Waals surface area contributed by atoms with E-state index in [1.54, 1.807) is 12.1 Å². The van der Waals surface area contributed by atoms with Crippen molar-refractivity contribution in [3.8, 4) is 23.2 Å². The summed E-state index contributed by atoms with van der Waals surface area (Å²) in [4.78, 5) is 4.36. The largest absolute Gasteiger partial charge is 0.339 e. The number of nitrogens with zero attached hydrogens (tertiary/aromatic N) is 2. The highest BCUT2D eigenvalue weighted by Gasteiger charge is 2.10. The molecular formula is C19H15FN2O. The lowest BCUT2D eigenvalue weighted by atomic mass is 10.1. The van der Waals surface area contributed by atoms with E-state index in [9.17, 15) is 4.39 Å². The normalized spacial score (nSPS) is 10.4. The molecule has 3 aromatic rings. The molecule has 0 atom stereocenters. The van der Waals surface area contributed by atoms with Gasteiger partial charge in [0.15, 0.2) is 0 Å². The molecule has 0 aliphatic carbocycles. The quantitative estimate of drug-likeness (QED) is 0.659. The lowest BCUT2D eigenvalue weighted by Gasteiger charge is -1.95. The minimum atomic E-state index is -0.287. The van der Waals surface area contributed by atoms with E-state index in [-0.39, 0.29) is 11.7 Å². The first kappa shape index (κ1) is 15.0. The van der Waals surface area contributed by atoms with Crippen molar-refractivity contribution < 1.29 is 8.91 Å². The van der Waals surface area contributed by atoms with Crippen molar-refractivity contribution >= 4 is 0 Å². The maximum atomic E-state index is 13.1. The van der Waals surface area contributed by atoms with Gasteiger partial charge in [0.1, 0.15) is 5.82 Å². The van der Waals surface area contributed by atoms with Crippen LogP contribution in [0.15, 0.2) is 53.1 Å². The second-order valence-electron chi connectivity index (χ2n) is 5.45. The van der Waals surface area contributed by atoms with E-state index in [4.69, 9.17) is 4.52 Å². The van der Waals surface area contributed by atoms with Crippen LogP contribution in [-0.2, 0) is 0 Å². The fourth-order valence-corrected chi connectivity index (χ4v) is 2.00. The topological polar surface area (TPSA) is 38.9 Å². The molecule has 1 aromatic heterocycles. The van der Waals surface area contributed by atoms with E-state index in [1.807, 2.05) is 38.1 Å². The van der Waals surface area contributed by atoms with E-state index < -0.39 is 0 Å². The summed E-state index contributed by atoms with van der Waals surface area (Å²) in [5, 5.41) is 3.98. The molecule has 0 saturated carbocycles. The van der Waals surface area contributed by atoms with Crippen LogP contribution in [-0.4, -0.2) is 10.1 Å². The van der Waals surface area contributed by atoms with Gasteiger partial charge in [-0.05, 0) is 42.5 Å².